The Bertz CT molecular complexity index is 428. The van der Waals surface area contributed by atoms with Gasteiger partial charge in [0.2, 0.25) is 0 Å². The van der Waals surface area contributed by atoms with Gasteiger partial charge in [-0.05, 0) is 47.1 Å². The first kappa shape index (κ1) is 18.2. The van der Waals surface area contributed by atoms with Crippen LogP contribution < -0.4 is 14.8 Å². The van der Waals surface area contributed by atoms with Crippen LogP contribution in [0, 0.1) is 0 Å². The van der Waals surface area contributed by atoms with Gasteiger partial charge in [-0.15, -0.1) is 0 Å². The van der Waals surface area contributed by atoms with Crippen molar-refractivity contribution in [3.63, 3.8) is 0 Å². The maximum absolute atomic E-state index is 9.68. The minimum atomic E-state index is -0.669. The summed E-state index contributed by atoms with van der Waals surface area (Å²) in [6.45, 7) is 6.60. The largest absolute Gasteiger partial charge is 0.490 e. The van der Waals surface area contributed by atoms with Gasteiger partial charge in [0, 0.05) is 13.7 Å². The Morgan fingerprint density at radius 3 is 2.62 bits per heavy atom. The number of benzene rings is 1. The topological polar surface area (TPSA) is 60.0 Å². The molecule has 1 atom stereocenters. The van der Waals surface area contributed by atoms with Crippen LogP contribution in [0.4, 0.5) is 0 Å². The van der Waals surface area contributed by atoms with Gasteiger partial charge >= 0.3 is 0 Å². The van der Waals surface area contributed by atoms with E-state index in [0.29, 0.717) is 18.1 Å². The lowest BCUT2D eigenvalue weighted by Gasteiger charge is -2.17. The number of halogens is 1. The van der Waals surface area contributed by atoms with Crippen molar-refractivity contribution in [1.29, 1.82) is 0 Å². The summed E-state index contributed by atoms with van der Waals surface area (Å²) in [5.41, 5.74) is 1.11. The third kappa shape index (κ3) is 6.22. The Morgan fingerprint density at radius 2 is 2.00 bits per heavy atom. The highest BCUT2D eigenvalue weighted by Crippen LogP contribution is 2.37. The second kappa shape index (κ2) is 10.00. The molecule has 0 spiro atoms. The van der Waals surface area contributed by atoms with Crippen molar-refractivity contribution in [2.75, 3.05) is 33.5 Å². The number of aliphatic hydroxyl groups excluding tert-OH is 1. The lowest BCUT2D eigenvalue weighted by atomic mass is 10.2. The first-order valence-corrected chi connectivity index (χ1v) is 7.87. The number of nitrogens with one attached hydrogen (secondary N) is 1. The first-order chi connectivity index (χ1) is 10.1. The van der Waals surface area contributed by atoms with E-state index in [0.717, 1.165) is 23.1 Å². The van der Waals surface area contributed by atoms with Crippen LogP contribution in [0.15, 0.2) is 16.6 Å². The molecule has 0 heterocycles. The smallest absolute Gasteiger partial charge is 0.175 e. The van der Waals surface area contributed by atoms with Crippen LogP contribution in [0.3, 0.4) is 0 Å². The third-order valence-electron chi connectivity index (χ3n) is 2.73. The van der Waals surface area contributed by atoms with Crippen molar-refractivity contribution in [1.82, 2.24) is 5.32 Å². The fourth-order valence-corrected chi connectivity index (χ4v) is 2.42. The normalized spacial score (nSPS) is 12.2. The van der Waals surface area contributed by atoms with Crippen molar-refractivity contribution in [2.45, 2.75) is 26.5 Å². The molecule has 0 saturated heterocycles. The van der Waals surface area contributed by atoms with Gasteiger partial charge in [0.05, 0.1) is 17.7 Å². The molecule has 0 aliphatic carbocycles. The maximum Gasteiger partial charge on any atom is 0.175 e. The highest BCUT2D eigenvalue weighted by molar-refractivity contribution is 9.10. The molecule has 1 aromatic rings. The van der Waals surface area contributed by atoms with Crippen molar-refractivity contribution in [2.24, 2.45) is 0 Å². The summed E-state index contributed by atoms with van der Waals surface area (Å²) in [5.74, 6) is 1.27. The van der Waals surface area contributed by atoms with E-state index < -0.39 is 6.10 Å². The number of ether oxygens (including phenoxy) is 3. The fourth-order valence-electron chi connectivity index (χ4n) is 1.82. The van der Waals surface area contributed by atoms with Crippen molar-refractivity contribution in [3.8, 4) is 11.5 Å². The molecule has 120 valence electrons. The lowest BCUT2D eigenvalue weighted by Crippen LogP contribution is -2.23. The van der Waals surface area contributed by atoms with E-state index in [1.165, 1.54) is 0 Å². The predicted molar refractivity (Wildman–Crippen MR) is 86.1 cm³/mol. The van der Waals surface area contributed by atoms with Crippen LogP contribution in [0.2, 0.25) is 0 Å². The van der Waals surface area contributed by atoms with E-state index in [1.54, 1.807) is 7.11 Å². The molecule has 0 bridgehead atoms. The summed E-state index contributed by atoms with van der Waals surface area (Å²) < 4.78 is 17.0. The minimum absolute atomic E-state index is 0.152. The van der Waals surface area contributed by atoms with Crippen LogP contribution >= 0.6 is 15.9 Å². The van der Waals surface area contributed by atoms with Gasteiger partial charge < -0.3 is 24.6 Å². The Hall–Kier alpha value is -0.820. The quantitative estimate of drug-likeness (QED) is 0.669. The average molecular weight is 362 g/mol. The summed E-state index contributed by atoms with van der Waals surface area (Å²) in [5, 5.41) is 13.0. The molecular weight excluding hydrogens is 338 g/mol. The molecule has 0 amide bonds. The number of methoxy groups -OCH3 is 1. The second-order valence-corrected chi connectivity index (χ2v) is 5.39. The van der Waals surface area contributed by atoms with E-state index in [1.807, 2.05) is 19.1 Å². The van der Waals surface area contributed by atoms with Gasteiger partial charge in [0.25, 0.3) is 0 Å². The number of rotatable bonds is 10. The summed E-state index contributed by atoms with van der Waals surface area (Å²) in [4.78, 5) is 0. The molecule has 5 nitrogen and oxygen atoms in total. The molecule has 0 radical (unpaired) electrons. The standard InChI is InChI=1S/C15H24BrNO4/c1-4-17-8-11-6-13(16)15(14(7-11)20-5-2)21-10-12(18)9-19-3/h6-7,12,17-18H,4-5,8-10H2,1-3H3. The van der Waals surface area contributed by atoms with Crippen LogP contribution in [-0.2, 0) is 11.3 Å². The summed E-state index contributed by atoms with van der Waals surface area (Å²) in [7, 11) is 1.54. The Balaban J connectivity index is 2.85. The highest BCUT2D eigenvalue weighted by Gasteiger charge is 2.14. The van der Waals surface area contributed by atoms with E-state index in [4.69, 9.17) is 14.2 Å². The molecule has 2 N–H and O–H groups in total. The SMILES string of the molecule is CCNCc1cc(Br)c(OCC(O)COC)c(OCC)c1. The van der Waals surface area contributed by atoms with Gasteiger partial charge in [-0.1, -0.05) is 6.92 Å². The second-order valence-electron chi connectivity index (χ2n) is 4.54. The minimum Gasteiger partial charge on any atom is -0.490 e. The highest BCUT2D eigenvalue weighted by atomic mass is 79.9. The third-order valence-corrected chi connectivity index (χ3v) is 3.32. The van der Waals surface area contributed by atoms with Gasteiger partial charge in [-0.3, -0.25) is 0 Å². The molecule has 0 fully saturated rings. The zero-order valence-electron chi connectivity index (χ0n) is 12.8. The predicted octanol–water partition coefficient (Wildman–Crippen LogP) is 2.34. The fraction of sp³-hybridized carbons (Fsp3) is 0.600. The summed E-state index contributed by atoms with van der Waals surface area (Å²) in [6.07, 6.45) is -0.669. The van der Waals surface area contributed by atoms with Gasteiger partial charge in [-0.25, -0.2) is 0 Å². The Morgan fingerprint density at radius 1 is 1.24 bits per heavy atom. The van der Waals surface area contributed by atoms with Gasteiger partial charge in [-0.2, -0.15) is 0 Å². The maximum atomic E-state index is 9.68. The Kier molecular flexibility index (Phi) is 8.68. The van der Waals surface area contributed by atoms with Crippen molar-refractivity contribution in [3.05, 3.63) is 22.2 Å². The number of hydrogen-bond donors (Lipinski definition) is 2. The molecule has 0 aliphatic rings. The van der Waals surface area contributed by atoms with E-state index >= 15 is 0 Å². The molecule has 0 aliphatic heterocycles. The van der Waals surface area contributed by atoms with Crippen molar-refractivity contribution < 1.29 is 19.3 Å². The van der Waals surface area contributed by atoms with E-state index in [2.05, 4.69) is 28.2 Å². The molecule has 1 aromatic carbocycles. The summed E-state index contributed by atoms with van der Waals surface area (Å²) in [6, 6.07) is 3.94. The molecule has 1 unspecified atom stereocenters. The lowest BCUT2D eigenvalue weighted by molar-refractivity contribution is 0.0316. The first-order valence-electron chi connectivity index (χ1n) is 7.08. The van der Waals surface area contributed by atoms with Crippen LogP contribution in [0.1, 0.15) is 19.4 Å². The zero-order chi connectivity index (χ0) is 15.7. The molecule has 6 heteroatoms. The molecule has 1 rings (SSSR count). The zero-order valence-corrected chi connectivity index (χ0v) is 14.4. The van der Waals surface area contributed by atoms with Gasteiger partial charge in [0.1, 0.15) is 12.7 Å². The molecular formula is C15H24BrNO4. The van der Waals surface area contributed by atoms with E-state index in [9.17, 15) is 5.11 Å². The van der Waals surface area contributed by atoms with Crippen LogP contribution in [0.5, 0.6) is 11.5 Å². The van der Waals surface area contributed by atoms with Crippen LogP contribution in [0.25, 0.3) is 0 Å². The average Bonchev–Trinajstić information content (AvgIpc) is 2.45. The van der Waals surface area contributed by atoms with Crippen molar-refractivity contribution >= 4 is 15.9 Å². The summed E-state index contributed by atoms with van der Waals surface area (Å²) >= 11 is 3.50. The molecule has 21 heavy (non-hydrogen) atoms. The Labute approximate surface area is 134 Å². The number of aliphatic hydroxyl groups is 1. The van der Waals surface area contributed by atoms with Crippen LogP contribution in [-0.4, -0.2) is 44.7 Å². The van der Waals surface area contributed by atoms with E-state index in [-0.39, 0.29) is 13.2 Å². The molecule has 0 aromatic heterocycles. The van der Waals surface area contributed by atoms with Gasteiger partial charge in [0.15, 0.2) is 11.5 Å². The molecule has 0 saturated carbocycles. The monoisotopic (exact) mass is 361 g/mol. The number of hydrogen-bond acceptors (Lipinski definition) is 5.